The van der Waals surface area contributed by atoms with Gasteiger partial charge in [-0.15, -0.1) is 0 Å². The number of hydrogen-bond donors (Lipinski definition) is 2. The minimum atomic E-state index is -1.26. The molecule has 0 aliphatic heterocycles. The van der Waals surface area contributed by atoms with Crippen LogP contribution in [-0.4, -0.2) is 16.2 Å². The van der Waals surface area contributed by atoms with Gasteiger partial charge in [-0.2, -0.15) is 0 Å². The number of phenols is 2. The van der Waals surface area contributed by atoms with Crippen LogP contribution < -0.4 is 0 Å². The van der Waals surface area contributed by atoms with Crippen LogP contribution in [0.15, 0.2) is 0 Å². The lowest BCUT2D eigenvalue weighted by Gasteiger charge is -2.20. The maximum atomic E-state index is 12.3. The molecule has 0 aromatic heterocycles. The van der Waals surface area contributed by atoms with Gasteiger partial charge in [-0.25, -0.2) is 9.74 Å². The van der Waals surface area contributed by atoms with Crippen molar-refractivity contribution in [3.8, 4) is 11.5 Å². The number of halogens is 1. The first-order valence-corrected chi connectivity index (χ1v) is 7.44. The first kappa shape index (κ1) is 17.3. The molecule has 0 amide bonds. The van der Waals surface area contributed by atoms with Gasteiger partial charge in [-0.1, -0.05) is 40.0 Å². The molecule has 1 rings (SSSR count). The zero-order valence-electron chi connectivity index (χ0n) is 12.8. The van der Waals surface area contributed by atoms with Crippen molar-refractivity contribution in [1.82, 2.24) is 0 Å². The highest BCUT2D eigenvalue weighted by molar-refractivity contribution is 5.95. The zero-order valence-corrected chi connectivity index (χ0v) is 12.8. The second-order valence-electron chi connectivity index (χ2n) is 5.12. The maximum absolute atomic E-state index is 12.3. The number of phenolic OH excluding ortho intramolecular Hbond substituents is 2. The first-order chi connectivity index (χ1) is 10.0. The third kappa shape index (κ3) is 3.46. The van der Waals surface area contributed by atoms with Crippen molar-refractivity contribution in [3.63, 3.8) is 0 Å². The molecule has 21 heavy (non-hydrogen) atoms. The van der Waals surface area contributed by atoms with E-state index in [-0.39, 0.29) is 11.3 Å². The van der Waals surface area contributed by atoms with E-state index in [0.717, 1.165) is 24.8 Å². The van der Waals surface area contributed by atoms with Crippen LogP contribution in [-0.2, 0) is 24.2 Å². The Morgan fingerprint density at radius 1 is 0.905 bits per heavy atom. The second-order valence-corrected chi connectivity index (χ2v) is 5.12. The molecule has 0 atom stereocenters. The van der Waals surface area contributed by atoms with Crippen molar-refractivity contribution >= 4 is 5.97 Å². The van der Waals surface area contributed by atoms with E-state index in [9.17, 15) is 19.5 Å². The van der Waals surface area contributed by atoms with E-state index in [1.54, 1.807) is 0 Å². The summed E-state index contributed by atoms with van der Waals surface area (Å²) in [6.45, 7) is 5.89. The number of carbonyl (C=O) groups excluding carboxylic acids is 1. The SMILES string of the molecule is CCCc1c(O)c(O)c(C(=O)OF)c(CCC)c1CCC. The molecule has 0 unspecified atom stereocenters. The average molecular weight is 298 g/mol. The summed E-state index contributed by atoms with van der Waals surface area (Å²) in [5.41, 5.74) is 1.81. The fourth-order valence-corrected chi connectivity index (χ4v) is 2.74. The van der Waals surface area contributed by atoms with E-state index >= 15 is 0 Å². The molecule has 0 radical (unpaired) electrons. The van der Waals surface area contributed by atoms with E-state index < -0.39 is 11.7 Å². The number of carbonyl (C=O) groups is 1. The molecule has 118 valence electrons. The normalized spacial score (nSPS) is 10.7. The molecule has 0 spiro atoms. The smallest absolute Gasteiger partial charge is 0.383 e. The van der Waals surface area contributed by atoms with E-state index in [1.165, 1.54) is 0 Å². The van der Waals surface area contributed by atoms with Gasteiger partial charge < -0.3 is 10.2 Å². The molecule has 0 bridgehead atoms. The maximum Gasteiger partial charge on any atom is 0.383 e. The molecular weight excluding hydrogens is 275 g/mol. The van der Waals surface area contributed by atoms with Gasteiger partial charge in [0.2, 0.25) is 0 Å². The summed E-state index contributed by atoms with van der Waals surface area (Å²) < 4.78 is 12.3. The molecule has 0 aliphatic rings. The fourth-order valence-electron chi connectivity index (χ4n) is 2.74. The molecule has 1 aromatic rings. The Balaban J connectivity index is 3.68. The minimum absolute atomic E-state index is 0.250. The van der Waals surface area contributed by atoms with Crippen molar-refractivity contribution < 1.29 is 24.5 Å². The number of aromatic hydroxyl groups is 2. The number of rotatable bonds is 7. The lowest BCUT2D eigenvalue weighted by molar-refractivity contribution is -0.0791. The van der Waals surface area contributed by atoms with Gasteiger partial charge >= 0.3 is 5.97 Å². The van der Waals surface area contributed by atoms with E-state index in [0.29, 0.717) is 30.4 Å². The van der Waals surface area contributed by atoms with Crippen LogP contribution in [0.4, 0.5) is 4.53 Å². The molecule has 0 saturated heterocycles. The van der Waals surface area contributed by atoms with Crippen molar-refractivity contribution in [2.75, 3.05) is 0 Å². The summed E-state index contributed by atoms with van der Waals surface area (Å²) in [7, 11) is 0. The van der Waals surface area contributed by atoms with Gasteiger partial charge in [0.15, 0.2) is 11.5 Å². The van der Waals surface area contributed by atoms with Gasteiger partial charge in [0.25, 0.3) is 0 Å². The fraction of sp³-hybridized carbons (Fsp3) is 0.562. The quantitative estimate of drug-likeness (QED) is 0.747. The highest BCUT2D eigenvalue weighted by Crippen LogP contribution is 2.41. The number of benzene rings is 1. The molecule has 0 fully saturated rings. The van der Waals surface area contributed by atoms with Crippen molar-refractivity contribution in [2.24, 2.45) is 0 Å². The Morgan fingerprint density at radius 3 is 1.86 bits per heavy atom. The average Bonchev–Trinajstić information content (AvgIpc) is 2.48. The number of hydrogen-bond acceptors (Lipinski definition) is 4. The van der Waals surface area contributed by atoms with Crippen LogP contribution in [0.2, 0.25) is 0 Å². The van der Waals surface area contributed by atoms with Gasteiger partial charge in [0, 0.05) is 10.1 Å². The van der Waals surface area contributed by atoms with E-state index in [2.05, 4.69) is 4.94 Å². The Bertz CT molecular complexity index is 512. The predicted molar refractivity (Wildman–Crippen MR) is 78.3 cm³/mol. The predicted octanol–water partition coefficient (Wildman–Crippen LogP) is 4.00. The summed E-state index contributed by atoms with van der Waals surface area (Å²) in [6.07, 6.45) is 4.12. The van der Waals surface area contributed by atoms with Crippen LogP contribution in [0, 0.1) is 0 Å². The largest absolute Gasteiger partial charge is 0.504 e. The van der Waals surface area contributed by atoms with Gasteiger partial charge in [-0.3, -0.25) is 0 Å². The Labute approximate surface area is 124 Å². The summed E-state index contributed by atoms with van der Waals surface area (Å²) in [6, 6.07) is 0. The van der Waals surface area contributed by atoms with E-state index in [1.807, 2.05) is 20.8 Å². The monoisotopic (exact) mass is 298 g/mol. The highest BCUT2D eigenvalue weighted by atomic mass is 19.3. The van der Waals surface area contributed by atoms with Gasteiger partial charge in [0.05, 0.1) is 0 Å². The lowest BCUT2D eigenvalue weighted by Crippen LogP contribution is -2.11. The molecule has 0 aliphatic carbocycles. The van der Waals surface area contributed by atoms with E-state index in [4.69, 9.17) is 0 Å². The Kier molecular flexibility index (Phi) is 6.46. The Morgan fingerprint density at radius 2 is 1.38 bits per heavy atom. The molecule has 1 aromatic carbocycles. The van der Waals surface area contributed by atoms with Crippen LogP contribution in [0.5, 0.6) is 11.5 Å². The van der Waals surface area contributed by atoms with Crippen LogP contribution in [0.1, 0.15) is 67.1 Å². The third-order valence-electron chi connectivity index (χ3n) is 3.55. The van der Waals surface area contributed by atoms with Crippen molar-refractivity contribution in [3.05, 3.63) is 22.3 Å². The van der Waals surface area contributed by atoms with Crippen LogP contribution in [0.25, 0.3) is 0 Å². The van der Waals surface area contributed by atoms with Crippen LogP contribution in [0.3, 0.4) is 0 Å². The van der Waals surface area contributed by atoms with Gasteiger partial charge in [-0.05, 0) is 30.4 Å². The molecular formula is C16H23FO4. The van der Waals surface area contributed by atoms with Crippen molar-refractivity contribution in [2.45, 2.75) is 59.3 Å². The first-order valence-electron chi connectivity index (χ1n) is 7.44. The zero-order chi connectivity index (χ0) is 16.0. The molecule has 0 saturated carbocycles. The molecule has 0 heterocycles. The Hall–Kier alpha value is -1.78. The minimum Gasteiger partial charge on any atom is -0.504 e. The van der Waals surface area contributed by atoms with Crippen LogP contribution >= 0.6 is 0 Å². The van der Waals surface area contributed by atoms with Gasteiger partial charge in [0.1, 0.15) is 5.56 Å². The molecule has 2 N–H and O–H groups in total. The highest BCUT2D eigenvalue weighted by Gasteiger charge is 2.27. The molecule has 5 heteroatoms. The third-order valence-corrected chi connectivity index (χ3v) is 3.55. The topological polar surface area (TPSA) is 66.8 Å². The standard InChI is InChI=1S/C16H23FO4/c1-4-7-10-11(8-5-2)13(16(20)21-17)15(19)14(18)12(10)9-6-3/h18-19H,4-9H2,1-3H3. The second kappa shape index (κ2) is 7.86. The summed E-state index contributed by atoms with van der Waals surface area (Å²) in [5, 5.41) is 20.3. The van der Waals surface area contributed by atoms with Crippen molar-refractivity contribution in [1.29, 1.82) is 0 Å². The summed E-state index contributed by atoms with van der Waals surface area (Å²) >= 11 is 0. The lowest BCUT2D eigenvalue weighted by atomic mass is 9.87. The summed E-state index contributed by atoms with van der Waals surface area (Å²) in [5.74, 6) is -2.17. The molecule has 4 nitrogen and oxygen atoms in total. The summed E-state index contributed by atoms with van der Waals surface area (Å²) in [4.78, 5) is 14.9.